The van der Waals surface area contributed by atoms with E-state index in [0.717, 1.165) is 0 Å². The molecule has 0 radical (unpaired) electrons. The van der Waals surface area contributed by atoms with Crippen molar-refractivity contribution in [2.75, 3.05) is 6.79 Å². The molecule has 0 atom stereocenters. The highest BCUT2D eigenvalue weighted by atomic mass is 32.1. The van der Waals surface area contributed by atoms with Crippen molar-refractivity contribution in [1.29, 1.82) is 0 Å². The van der Waals surface area contributed by atoms with Gasteiger partial charge in [0.25, 0.3) is 5.56 Å². The molecule has 2 rings (SSSR count). The fraction of sp³-hybridized carbons (Fsp3) is 0.125. The Bertz CT molecular complexity index is 559. The summed E-state index contributed by atoms with van der Waals surface area (Å²) >= 11 is 1.25. The molecule has 2 aromatic rings. The molecule has 0 aliphatic rings. The number of aliphatic hydroxyl groups is 1. The first kappa shape index (κ1) is 9.81. The summed E-state index contributed by atoms with van der Waals surface area (Å²) in [5.74, 6) is -1.06. The van der Waals surface area contributed by atoms with Gasteiger partial charge in [-0.1, -0.05) is 0 Å². The molecule has 0 spiro atoms. The quantitative estimate of drug-likeness (QED) is 0.559. The lowest BCUT2D eigenvalue weighted by molar-refractivity contribution is 0.00560. The second-order valence-corrected chi connectivity index (χ2v) is 3.51. The number of nitrogens with one attached hydrogen (secondary N) is 1. The Hall–Kier alpha value is -1.73. The summed E-state index contributed by atoms with van der Waals surface area (Å²) in [5, 5.41) is 10.5. The molecular formula is C8H6N2O4S. The summed E-state index contributed by atoms with van der Waals surface area (Å²) in [6, 6.07) is 1.62. The molecule has 2 heterocycles. The minimum Gasteiger partial charge on any atom is -0.433 e. The molecule has 15 heavy (non-hydrogen) atoms. The molecule has 0 saturated carbocycles. The largest absolute Gasteiger partial charge is 0.433 e. The van der Waals surface area contributed by atoms with Crippen LogP contribution in [-0.4, -0.2) is 27.8 Å². The second-order valence-electron chi connectivity index (χ2n) is 2.61. The lowest BCUT2D eigenvalue weighted by Crippen LogP contribution is -2.17. The summed E-state index contributed by atoms with van der Waals surface area (Å²) in [5.41, 5.74) is -0.397. The van der Waals surface area contributed by atoms with E-state index in [4.69, 9.17) is 5.11 Å². The third kappa shape index (κ3) is 1.74. The van der Waals surface area contributed by atoms with E-state index < -0.39 is 18.3 Å². The van der Waals surface area contributed by atoms with Crippen LogP contribution in [0.2, 0.25) is 0 Å². The summed E-state index contributed by atoms with van der Waals surface area (Å²) in [6.45, 7) is -0.745. The monoisotopic (exact) mass is 226 g/mol. The van der Waals surface area contributed by atoms with Crippen LogP contribution in [0, 0.1) is 0 Å². The van der Waals surface area contributed by atoms with E-state index in [0.29, 0.717) is 10.2 Å². The number of aromatic nitrogens is 2. The van der Waals surface area contributed by atoms with Gasteiger partial charge in [0, 0.05) is 0 Å². The maximum atomic E-state index is 11.4. The molecule has 0 aliphatic carbocycles. The van der Waals surface area contributed by atoms with Gasteiger partial charge in [-0.3, -0.25) is 4.79 Å². The summed E-state index contributed by atoms with van der Waals surface area (Å²) in [6.07, 6.45) is 0. The zero-order valence-corrected chi connectivity index (χ0v) is 8.21. The van der Waals surface area contributed by atoms with Gasteiger partial charge in [0.2, 0.25) is 5.82 Å². The van der Waals surface area contributed by atoms with Crippen molar-refractivity contribution < 1.29 is 14.6 Å². The Morgan fingerprint density at radius 3 is 3.20 bits per heavy atom. The summed E-state index contributed by atoms with van der Waals surface area (Å²) in [4.78, 5) is 29.2. The number of aromatic amines is 1. The number of hydrogen-bond acceptors (Lipinski definition) is 6. The molecule has 0 saturated heterocycles. The lowest BCUT2D eigenvalue weighted by atomic mass is 10.4. The zero-order valence-electron chi connectivity index (χ0n) is 7.39. The van der Waals surface area contributed by atoms with E-state index in [1.54, 1.807) is 11.4 Å². The van der Waals surface area contributed by atoms with Gasteiger partial charge in [-0.25, -0.2) is 9.78 Å². The fourth-order valence-electron chi connectivity index (χ4n) is 1.09. The van der Waals surface area contributed by atoms with Crippen LogP contribution in [0.3, 0.4) is 0 Å². The van der Waals surface area contributed by atoms with Crippen LogP contribution < -0.4 is 5.56 Å². The Labute approximate surface area is 87.2 Å². The van der Waals surface area contributed by atoms with Gasteiger partial charge >= 0.3 is 5.97 Å². The van der Waals surface area contributed by atoms with E-state index in [2.05, 4.69) is 14.7 Å². The van der Waals surface area contributed by atoms with Gasteiger partial charge < -0.3 is 14.8 Å². The van der Waals surface area contributed by atoms with Crippen LogP contribution in [0.15, 0.2) is 16.2 Å². The van der Waals surface area contributed by atoms with E-state index >= 15 is 0 Å². The molecule has 7 heteroatoms. The van der Waals surface area contributed by atoms with Crippen LogP contribution in [0.1, 0.15) is 10.6 Å². The van der Waals surface area contributed by atoms with Crippen LogP contribution in [-0.2, 0) is 4.74 Å². The minimum atomic E-state index is -0.857. The molecular weight excluding hydrogens is 220 g/mol. The Morgan fingerprint density at radius 2 is 2.47 bits per heavy atom. The number of esters is 1. The standard InChI is InChI=1S/C8H6N2O4S/c11-3-14-8(13)5-9-6(12)4-1-2-15-7(4)10-5/h1-2,11H,3H2,(H,9,10,12). The zero-order chi connectivity index (χ0) is 10.8. The predicted molar refractivity (Wildman–Crippen MR) is 52.7 cm³/mol. The highest BCUT2D eigenvalue weighted by molar-refractivity contribution is 7.16. The molecule has 0 unspecified atom stereocenters. The molecule has 0 aliphatic heterocycles. The molecule has 78 valence electrons. The molecule has 0 aromatic carbocycles. The number of aliphatic hydroxyl groups excluding tert-OH is 1. The highest BCUT2D eigenvalue weighted by Gasteiger charge is 2.12. The number of fused-ring (bicyclic) bond motifs is 1. The molecule has 2 N–H and O–H groups in total. The molecule has 6 nitrogen and oxygen atoms in total. The average molecular weight is 226 g/mol. The van der Waals surface area contributed by atoms with Crippen LogP contribution in [0.5, 0.6) is 0 Å². The van der Waals surface area contributed by atoms with Crippen molar-refractivity contribution in [3.05, 3.63) is 27.6 Å². The van der Waals surface area contributed by atoms with Crippen molar-refractivity contribution in [2.45, 2.75) is 0 Å². The van der Waals surface area contributed by atoms with Gasteiger partial charge in [0.05, 0.1) is 5.39 Å². The first-order valence-electron chi connectivity index (χ1n) is 3.98. The van der Waals surface area contributed by atoms with Crippen molar-refractivity contribution in [3.8, 4) is 0 Å². The first-order valence-corrected chi connectivity index (χ1v) is 4.86. The second kappa shape index (κ2) is 3.79. The molecule has 2 aromatic heterocycles. The van der Waals surface area contributed by atoms with Crippen molar-refractivity contribution in [3.63, 3.8) is 0 Å². The van der Waals surface area contributed by atoms with Crippen LogP contribution in [0.4, 0.5) is 0 Å². The first-order chi connectivity index (χ1) is 7.22. The number of H-pyrrole nitrogens is 1. The van der Waals surface area contributed by atoms with E-state index in [1.165, 1.54) is 11.3 Å². The number of rotatable bonds is 2. The number of carbonyl (C=O) groups is 1. The number of carbonyl (C=O) groups excluding carboxylic acids is 1. The third-order valence-corrected chi connectivity index (χ3v) is 2.53. The van der Waals surface area contributed by atoms with E-state index in [1.807, 2.05) is 0 Å². The number of hydrogen-bond donors (Lipinski definition) is 2. The van der Waals surface area contributed by atoms with Crippen LogP contribution >= 0.6 is 11.3 Å². The lowest BCUT2D eigenvalue weighted by Gasteiger charge is -1.99. The molecule has 0 fully saturated rings. The topological polar surface area (TPSA) is 92.3 Å². The van der Waals surface area contributed by atoms with Gasteiger partial charge in [-0.15, -0.1) is 11.3 Å². The highest BCUT2D eigenvalue weighted by Crippen LogP contribution is 2.13. The van der Waals surface area contributed by atoms with Gasteiger partial charge in [0.15, 0.2) is 6.79 Å². The number of ether oxygens (including phenoxy) is 1. The van der Waals surface area contributed by atoms with Crippen molar-refractivity contribution >= 4 is 27.5 Å². The smallest absolute Gasteiger partial charge is 0.376 e. The normalized spacial score (nSPS) is 10.5. The Kier molecular flexibility index (Phi) is 2.48. The van der Waals surface area contributed by atoms with E-state index in [9.17, 15) is 9.59 Å². The third-order valence-electron chi connectivity index (χ3n) is 1.72. The number of thiophene rings is 1. The van der Waals surface area contributed by atoms with Crippen molar-refractivity contribution in [2.24, 2.45) is 0 Å². The molecule has 0 amide bonds. The van der Waals surface area contributed by atoms with Gasteiger partial charge in [-0.05, 0) is 11.4 Å². The summed E-state index contributed by atoms with van der Waals surface area (Å²) in [7, 11) is 0. The minimum absolute atomic E-state index is 0.205. The van der Waals surface area contributed by atoms with Gasteiger partial charge in [-0.2, -0.15) is 0 Å². The van der Waals surface area contributed by atoms with Crippen LogP contribution in [0.25, 0.3) is 10.2 Å². The fourth-order valence-corrected chi connectivity index (χ4v) is 1.85. The molecule has 0 bridgehead atoms. The Balaban J connectivity index is 2.54. The predicted octanol–water partition coefficient (Wildman–Crippen LogP) is 0.0912. The van der Waals surface area contributed by atoms with E-state index in [-0.39, 0.29) is 5.82 Å². The maximum absolute atomic E-state index is 11.4. The summed E-state index contributed by atoms with van der Waals surface area (Å²) < 4.78 is 4.30. The number of nitrogens with zero attached hydrogens (tertiary/aromatic N) is 1. The van der Waals surface area contributed by atoms with Crippen molar-refractivity contribution in [1.82, 2.24) is 9.97 Å². The average Bonchev–Trinajstić information content (AvgIpc) is 2.66. The van der Waals surface area contributed by atoms with Gasteiger partial charge in [0.1, 0.15) is 4.83 Å². The maximum Gasteiger partial charge on any atom is 0.376 e. The Morgan fingerprint density at radius 1 is 1.67 bits per heavy atom. The SMILES string of the molecule is O=C(OCO)c1nc2sccc2c(=O)[nH]1.